The minimum Gasteiger partial charge on any atom is -0.371 e. The van der Waals surface area contributed by atoms with Crippen LogP contribution in [0, 0.1) is 11.3 Å². The molecule has 2 rings (SSSR count). The molecule has 0 unspecified atom stereocenters. The average Bonchev–Trinajstić information content (AvgIpc) is 2.53. The van der Waals surface area contributed by atoms with Crippen LogP contribution in [0.4, 0.5) is 0 Å². The van der Waals surface area contributed by atoms with Gasteiger partial charge in [-0.15, -0.1) is 0 Å². The predicted octanol–water partition coefficient (Wildman–Crippen LogP) is 4.16. The summed E-state index contributed by atoms with van der Waals surface area (Å²) < 4.78 is 5.82. The molecule has 0 amide bonds. The molecule has 0 aliphatic rings. The Morgan fingerprint density at radius 2 is 1.61 bits per heavy atom. The Labute approximate surface area is 138 Å². The highest BCUT2D eigenvalue weighted by molar-refractivity contribution is 5.31. The largest absolute Gasteiger partial charge is 0.371 e. The summed E-state index contributed by atoms with van der Waals surface area (Å²) in [4.78, 5) is 0. The van der Waals surface area contributed by atoms with Crippen molar-refractivity contribution in [2.75, 3.05) is 0 Å². The lowest BCUT2D eigenvalue weighted by molar-refractivity contribution is -0.0149. The van der Waals surface area contributed by atoms with E-state index in [4.69, 9.17) is 10.00 Å². The van der Waals surface area contributed by atoms with Crippen LogP contribution in [0.1, 0.15) is 43.0 Å². The number of hydrogen-bond acceptors (Lipinski definition) is 3. The molecule has 0 radical (unpaired) electrons. The van der Waals surface area contributed by atoms with E-state index in [9.17, 15) is 0 Å². The number of ether oxygens (including phenoxy) is 1. The van der Waals surface area contributed by atoms with Gasteiger partial charge in [-0.2, -0.15) is 5.26 Å². The predicted molar refractivity (Wildman–Crippen MR) is 92.7 cm³/mol. The number of rotatable bonds is 6. The molecule has 0 aromatic heterocycles. The number of benzene rings is 2. The second-order valence-corrected chi connectivity index (χ2v) is 6.63. The standard InChI is InChI=1S/C20H24N2O/c1-20(2,3)23-15-19-6-4-5-18(11-19)14-22-13-17-9-7-16(12-21)8-10-17/h4-11,22H,13-15H2,1-3H3. The van der Waals surface area contributed by atoms with Crippen LogP contribution in [-0.2, 0) is 24.4 Å². The quantitative estimate of drug-likeness (QED) is 0.871. The van der Waals surface area contributed by atoms with Crippen molar-refractivity contribution >= 4 is 0 Å². The number of nitrogens with zero attached hydrogens (tertiary/aromatic N) is 1. The molecule has 0 bridgehead atoms. The molecule has 0 fully saturated rings. The Kier molecular flexibility index (Phi) is 5.92. The van der Waals surface area contributed by atoms with Gasteiger partial charge in [-0.1, -0.05) is 36.4 Å². The van der Waals surface area contributed by atoms with E-state index in [2.05, 4.69) is 56.4 Å². The van der Waals surface area contributed by atoms with Crippen LogP contribution in [0.3, 0.4) is 0 Å². The van der Waals surface area contributed by atoms with Crippen LogP contribution in [0.2, 0.25) is 0 Å². The van der Waals surface area contributed by atoms with Gasteiger partial charge in [0, 0.05) is 13.1 Å². The highest BCUT2D eigenvalue weighted by Crippen LogP contribution is 2.13. The van der Waals surface area contributed by atoms with Gasteiger partial charge < -0.3 is 10.1 Å². The first-order chi connectivity index (χ1) is 11.0. The summed E-state index contributed by atoms with van der Waals surface area (Å²) in [6, 6.07) is 18.3. The van der Waals surface area contributed by atoms with Crippen molar-refractivity contribution in [3.05, 3.63) is 70.8 Å². The number of hydrogen-bond donors (Lipinski definition) is 1. The second-order valence-electron chi connectivity index (χ2n) is 6.63. The minimum atomic E-state index is -0.121. The Balaban J connectivity index is 1.84. The lowest BCUT2D eigenvalue weighted by atomic mass is 10.1. The highest BCUT2D eigenvalue weighted by atomic mass is 16.5. The maximum atomic E-state index is 8.80. The van der Waals surface area contributed by atoms with Gasteiger partial charge in [0.05, 0.1) is 23.8 Å². The fourth-order valence-electron chi connectivity index (χ4n) is 2.18. The molecule has 3 heteroatoms. The monoisotopic (exact) mass is 308 g/mol. The molecule has 23 heavy (non-hydrogen) atoms. The topological polar surface area (TPSA) is 45.0 Å². The van der Waals surface area contributed by atoms with E-state index >= 15 is 0 Å². The Morgan fingerprint density at radius 3 is 2.26 bits per heavy atom. The van der Waals surface area contributed by atoms with Gasteiger partial charge in [-0.05, 0) is 49.6 Å². The summed E-state index contributed by atoms with van der Waals surface area (Å²) in [6.45, 7) is 8.42. The molecule has 0 aliphatic heterocycles. The van der Waals surface area contributed by atoms with Gasteiger partial charge in [-0.3, -0.25) is 0 Å². The summed E-state index contributed by atoms with van der Waals surface area (Å²) in [7, 11) is 0. The first-order valence-corrected chi connectivity index (χ1v) is 7.88. The molecule has 3 nitrogen and oxygen atoms in total. The second kappa shape index (κ2) is 7.92. The molecule has 0 spiro atoms. The first kappa shape index (κ1) is 17.2. The van der Waals surface area contributed by atoms with Gasteiger partial charge in [-0.25, -0.2) is 0 Å². The molecule has 0 saturated carbocycles. The molecule has 0 aliphatic carbocycles. The molecule has 0 saturated heterocycles. The zero-order valence-corrected chi connectivity index (χ0v) is 14.1. The minimum absolute atomic E-state index is 0.121. The van der Waals surface area contributed by atoms with Crippen LogP contribution >= 0.6 is 0 Å². The van der Waals surface area contributed by atoms with Crippen molar-refractivity contribution in [3.63, 3.8) is 0 Å². The van der Waals surface area contributed by atoms with E-state index in [1.54, 1.807) is 0 Å². The molecular formula is C20H24N2O. The van der Waals surface area contributed by atoms with Crippen LogP contribution < -0.4 is 5.32 Å². The molecule has 120 valence electrons. The van der Waals surface area contributed by atoms with Crippen molar-refractivity contribution in [3.8, 4) is 6.07 Å². The highest BCUT2D eigenvalue weighted by Gasteiger charge is 2.10. The van der Waals surface area contributed by atoms with Crippen molar-refractivity contribution < 1.29 is 4.74 Å². The SMILES string of the molecule is CC(C)(C)OCc1cccc(CNCc2ccc(C#N)cc2)c1. The average molecular weight is 308 g/mol. The van der Waals surface area contributed by atoms with E-state index in [0.29, 0.717) is 12.2 Å². The van der Waals surface area contributed by atoms with E-state index in [1.165, 1.54) is 16.7 Å². The van der Waals surface area contributed by atoms with E-state index < -0.39 is 0 Å². The fourth-order valence-corrected chi connectivity index (χ4v) is 2.18. The molecular weight excluding hydrogens is 284 g/mol. The van der Waals surface area contributed by atoms with E-state index in [1.807, 2.05) is 24.3 Å². The molecule has 0 atom stereocenters. The molecule has 2 aromatic rings. The van der Waals surface area contributed by atoms with Gasteiger partial charge in [0.15, 0.2) is 0 Å². The van der Waals surface area contributed by atoms with Crippen LogP contribution in [0.5, 0.6) is 0 Å². The summed E-state index contributed by atoms with van der Waals surface area (Å²) in [5.41, 5.74) is 4.19. The zero-order chi connectivity index (χ0) is 16.7. The third kappa shape index (κ3) is 6.23. The normalized spacial score (nSPS) is 11.2. The Hall–Kier alpha value is -2.15. The van der Waals surface area contributed by atoms with Gasteiger partial charge in [0.25, 0.3) is 0 Å². The third-order valence-electron chi connectivity index (χ3n) is 3.40. The molecule has 1 N–H and O–H groups in total. The van der Waals surface area contributed by atoms with Crippen LogP contribution in [-0.4, -0.2) is 5.60 Å². The van der Waals surface area contributed by atoms with Crippen LogP contribution in [0.25, 0.3) is 0 Å². The summed E-state index contributed by atoms with van der Waals surface area (Å²) >= 11 is 0. The first-order valence-electron chi connectivity index (χ1n) is 7.88. The van der Waals surface area contributed by atoms with Gasteiger partial charge >= 0.3 is 0 Å². The fraction of sp³-hybridized carbons (Fsp3) is 0.350. The maximum Gasteiger partial charge on any atom is 0.0991 e. The third-order valence-corrected chi connectivity index (χ3v) is 3.40. The van der Waals surface area contributed by atoms with Crippen LogP contribution in [0.15, 0.2) is 48.5 Å². The summed E-state index contributed by atoms with van der Waals surface area (Å²) in [5.74, 6) is 0. The van der Waals surface area contributed by atoms with E-state index in [0.717, 1.165) is 13.1 Å². The van der Waals surface area contributed by atoms with Crippen molar-refractivity contribution in [2.45, 2.75) is 46.1 Å². The molecule has 0 heterocycles. The molecule has 2 aromatic carbocycles. The van der Waals surface area contributed by atoms with Gasteiger partial charge in [0.1, 0.15) is 0 Å². The Bertz CT molecular complexity index is 663. The lowest BCUT2D eigenvalue weighted by Crippen LogP contribution is -2.18. The zero-order valence-electron chi connectivity index (χ0n) is 14.1. The Morgan fingerprint density at radius 1 is 0.957 bits per heavy atom. The number of nitriles is 1. The van der Waals surface area contributed by atoms with Crippen molar-refractivity contribution in [1.29, 1.82) is 5.26 Å². The number of nitrogens with one attached hydrogen (secondary N) is 1. The summed E-state index contributed by atoms with van der Waals surface area (Å²) in [6.07, 6.45) is 0. The smallest absolute Gasteiger partial charge is 0.0991 e. The van der Waals surface area contributed by atoms with Crippen molar-refractivity contribution in [1.82, 2.24) is 5.32 Å². The lowest BCUT2D eigenvalue weighted by Gasteiger charge is -2.19. The van der Waals surface area contributed by atoms with E-state index in [-0.39, 0.29) is 5.60 Å². The van der Waals surface area contributed by atoms with Crippen molar-refractivity contribution in [2.24, 2.45) is 0 Å². The van der Waals surface area contributed by atoms with Gasteiger partial charge in [0.2, 0.25) is 0 Å². The summed E-state index contributed by atoms with van der Waals surface area (Å²) in [5, 5.41) is 12.2. The maximum absolute atomic E-state index is 8.80.